The van der Waals surface area contributed by atoms with E-state index in [1.54, 1.807) is 20.4 Å². The molecular formula is C18H16N4O2. The monoisotopic (exact) mass is 320 g/mol. The number of ether oxygens (including phenoxy) is 2. The summed E-state index contributed by atoms with van der Waals surface area (Å²) in [6, 6.07) is 9.62. The van der Waals surface area contributed by atoms with Gasteiger partial charge in [-0.25, -0.2) is 4.98 Å². The molecule has 24 heavy (non-hydrogen) atoms. The highest BCUT2D eigenvalue weighted by atomic mass is 16.5. The Labute approximate surface area is 138 Å². The Morgan fingerprint density at radius 1 is 1.00 bits per heavy atom. The van der Waals surface area contributed by atoms with Gasteiger partial charge in [0.2, 0.25) is 0 Å². The number of hydrogen-bond donors (Lipinski definition) is 1. The largest absolute Gasteiger partial charge is 0.493 e. The number of rotatable bonds is 3. The number of benzene rings is 1. The molecule has 6 nitrogen and oxygen atoms in total. The van der Waals surface area contributed by atoms with Gasteiger partial charge in [0.15, 0.2) is 11.5 Å². The van der Waals surface area contributed by atoms with Crippen LogP contribution in [0, 0.1) is 6.92 Å². The molecule has 120 valence electrons. The Hall–Kier alpha value is -3.15. The standard InChI is InChI=1S/C18H16N4O2/c1-10-15-17(22-21-10)14-11(7-8-13(23-2)18(14)24-3)16(20-15)12-6-4-5-9-19-12/h4-9H,1-3H3,(H,21,22). The van der Waals surface area contributed by atoms with Crippen LogP contribution in [-0.2, 0) is 0 Å². The molecule has 0 unspecified atom stereocenters. The molecule has 0 aliphatic heterocycles. The molecule has 0 saturated carbocycles. The number of aryl methyl sites for hydroxylation is 1. The first-order chi connectivity index (χ1) is 11.7. The van der Waals surface area contributed by atoms with Crippen molar-refractivity contribution in [2.45, 2.75) is 6.92 Å². The molecule has 0 aliphatic rings. The average Bonchev–Trinajstić information content (AvgIpc) is 3.01. The van der Waals surface area contributed by atoms with E-state index in [2.05, 4.69) is 15.2 Å². The van der Waals surface area contributed by atoms with Gasteiger partial charge < -0.3 is 9.47 Å². The van der Waals surface area contributed by atoms with Crippen LogP contribution in [0.2, 0.25) is 0 Å². The van der Waals surface area contributed by atoms with Gasteiger partial charge in [-0.2, -0.15) is 5.10 Å². The van der Waals surface area contributed by atoms with E-state index in [0.717, 1.165) is 38.9 Å². The number of fused-ring (bicyclic) bond motifs is 3. The van der Waals surface area contributed by atoms with Crippen LogP contribution in [0.4, 0.5) is 0 Å². The number of pyridine rings is 2. The van der Waals surface area contributed by atoms with Gasteiger partial charge in [-0.15, -0.1) is 0 Å². The van der Waals surface area contributed by atoms with Crippen molar-refractivity contribution in [3.05, 3.63) is 42.2 Å². The van der Waals surface area contributed by atoms with Gasteiger partial charge in [0.1, 0.15) is 11.0 Å². The molecule has 0 spiro atoms. The summed E-state index contributed by atoms with van der Waals surface area (Å²) in [5.74, 6) is 1.30. The number of aromatic amines is 1. The highest BCUT2D eigenvalue weighted by molar-refractivity contribution is 6.13. The Bertz CT molecular complexity index is 1040. The van der Waals surface area contributed by atoms with Gasteiger partial charge in [0.05, 0.1) is 36.7 Å². The van der Waals surface area contributed by atoms with Crippen LogP contribution < -0.4 is 9.47 Å². The number of methoxy groups -OCH3 is 2. The third-order valence-corrected chi connectivity index (χ3v) is 4.08. The lowest BCUT2D eigenvalue weighted by atomic mass is 10.0. The molecule has 4 rings (SSSR count). The zero-order chi connectivity index (χ0) is 16.7. The summed E-state index contributed by atoms with van der Waals surface area (Å²) in [4.78, 5) is 9.26. The Morgan fingerprint density at radius 2 is 1.88 bits per heavy atom. The number of hydrogen-bond acceptors (Lipinski definition) is 5. The van der Waals surface area contributed by atoms with E-state index in [9.17, 15) is 0 Å². The second-order valence-electron chi connectivity index (χ2n) is 5.44. The number of nitrogens with one attached hydrogen (secondary N) is 1. The highest BCUT2D eigenvalue weighted by Gasteiger charge is 2.20. The lowest BCUT2D eigenvalue weighted by molar-refractivity contribution is 0.358. The van der Waals surface area contributed by atoms with Crippen LogP contribution in [0.5, 0.6) is 11.5 Å². The molecule has 0 aliphatic carbocycles. The van der Waals surface area contributed by atoms with Crippen LogP contribution in [0.25, 0.3) is 33.2 Å². The molecule has 4 aromatic rings. The minimum Gasteiger partial charge on any atom is -0.493 e. The van der Waals surface area contributed by atoms with Crippen molar-refractivity contribution in [2.75, 3.05) is 14.2 Å². The summed E-state index contributed by atoms with van der Waals surface area (Å²) in [5, 5.41) is 9.22. The average molecular weight is 320 g/mol. The van der Waals surface area contributed by atoms with Gasteiger partial charge in [0.25, 0.3) is 0 Å². The molecule has 0 fully saturated rings. The molecule has 1 N–H and O–H groups in total. The summed E-state index contributed by atoms with van der Waals surface area (Å²) in [6.45, 7) is 1.95. The fourth-order valence-electron chi connectivity index (χ4n) is 2.96. The quantitative estimate of drug-likeness (QED) is 0.625. The summed E-state index contributed by atoms with van der Waals surface area (Å²) < 4.78 is 11.1. The van der Waals surface area contributed by atoms with Crippen LogP contribution >= 0.6 is 0 Å². The molecule has 3 aromatic heterocycles. The maximum Gasteiger partial charge on any atom is 0.170 e. The van der Waals surface area contributed by atoms with Crippen molar-refractivity contribution in [3.63, 3.8) is 0 Å². The van der Waals surface area contributed by atoms with Crippen LogP contribution in [0.1, 0.15) is 5.69 Å². The van der Waals surface area contributed by atoms with Crippen molar-refractivity contribution in [3.8, 4) is 22.9 Å². The van der Waals surface area contributed by atoms with E-state index in [0.29, 0.717) is 11.5 Å². The molecule has 6 heteroatoms. The highest BCUT2D eigenvalue weighted by Crippen LogP contribution is 2.42. The predicted octanol–water partition coefficient (Wildman–Crippen LogP) is 3.50. The van der Waals surface area contributed by atoms with Gasteiger partial charge in [-0.1, -0.05) is 6.07 Å². The Kier molecular flexibility index (Phi) is 3.30. The number of aromatic nitrogens is 4. The number of nitrogens with zero attached hydrogens (tertiary/aromatic N) is 3. The molecule has 3 heterocycles. The molecular weight excluding hydrogens is 304 g/mol. The molecule has 0 radical (unpaired) electrons. The van der Waals surface area contributed by atoms with Crippen LogP contribution in [0.15, 0.2) is 36.5 Å². The smallest absolute Gasteiger partial charge is 0.170 e. The topological polar surface area (TPSA) is 72.9 Å². The number of H-pyrrole nitrogens is 1. The third kappa shape index (κ3) is 2.00. The van der Waals surface area contributed by atoms with E-state index in [-0.39, 0.29) is 0 Å². The lowest BCUT2D eigenvalue weighted by Crippen LogP contribution is -1.96. The Balaban J connectivity index is 2.22. The van der Waals surface area contributed by atoms with Crippen molar-refractivity contribution < 1.29 is 9.47 Å². The minimum atomic E-state index is 0.645. The van der Waals surface area contributed by atoms with E-state index >= 15 is 0 Å². The van der Waals surface area contributed by atoms with E-state index < -0.39 is 0 Å². The first kappa shape index (κ1) is 14.4. The Morgan fingerprint density at radius 3 is 2.58 bits per heavy atom. The fraction of sp³-hybridized carbons (Fsp3) is 0.167. The van der Waals surface area contributed by atoms with Crippen molar-refractivity contribution in [1.82, 2.24) is 20.2 Å². The van der Waals surface area contributed by atoms with E-state index in [1.165, 1.54) is 0 Å². The zero-order valence-corrected chi connectivity index (χ0v) is 13.6. The maximum atomic E-state index is 5.63. The SMILES string of the molecule is COc1ccc2c(-c3ccccn3)nc3c(C)[nH]nc3c2c1OC. The van der Waals surface area contributed by atoms with E-state index in [4.69, 9.17) is 14.5 Å². The second kappa shape index (κ2) is 5.49. The summed E-state index contributed by atoms with van der Waals surface area (Å²) in [6.07, 6.45) is 1.76. The minimum absolute atomic E-state index is 0.645. The predicted molar refractivity (Wildman–Crippen MR) is 92.5 cm³/mol. The van der Waals surface area contributed by atoms with Crippen LogP contribution in [0.3, 0.4) is 0 Å². The van der Waals surface area contributed by atoms with Gasteiger partial charge in [-0.05, 0) is 31.2 Å². The summed E-state index contributed by atoms with van der Waals surface area (Å²) in [5.41, 5.74) is 4.06. The van der Waals surface area contributed by atoms with Gasteiger partial charge in [0, 0.05) is 11.6 Å². The maximum absolute atomic E-state index is 5.63. The zero-order valence-electron chi connectivity index (χ0n) is 13.6. The molecule has 0 bridgehead atoms. The fourth-order valence-corrected chi connectivity index (χ4v) is 2.96. The second-order valence-corrected chi connectivity index (χ2v) is 5.44. The summed E-state index contributed by atoms with van der Waals surface area (Å²) in [7, 11) is 3.25. The normalized spacial score (nSPS) is 11.1. The molecule has 0 amide bonds. The molecule has 0 saturated heterocycles. The van der Waals surface area contributed by atoms with Crippen molar-refractivity contribution in [2.24, 2.45) is 0 Å². The molecule has 1 aromatic carbocycles. The first-order valence-corrected chi connectivity index (χ1v) is 7.55. The summed E-state index contributed by atoms with van der Waals surface area (Å²) >= 11 is 0. The van der Waals surface area contributed by atoms with E-state index in [1.807, 2.05) is 37.3 Å². The van der Waals surface area contributed by atoms with Crippen molar-refractivity contribution in [1.29, 1.82) is 0 Å². The van der Waals surface area contributed by atoms with Crippen LogP contribution in [-0.4, -0.2) is 34.4 Å². The lowest BCUT2D eigenvalue weighted by Gasteiger charge is -2.13. The third-order valence-electron chi connectivity index (χ3n) is 4.08. The van der Waals surface area contributed by atoms with Gasteiger partial charge in [-0.3, -0.25) is 10.1 Å². The van der Waals surface area contributed by atoms with Gasteiger partial charge >= 0.3 is 0 Å². The first-order valence-electron chi connectivity index (χ1n) is 7.55. The molecule has 0 atom stereocenters. The van der Waals surface area contributed by atoms with Crippen molar-refractivity contribution >= 4 is 21.8 Å².